The fourth-order valence-electron chi connectivity index (χ4n) is 3.10. The van der Waals surface area contributed by atoms with Crippen LogP contribution >= 0.6 is 11.6 Å². The van der Waals surface area contributed by atoms with Gasteiger partial charge in [-0.2, -0.15) is 0 Å². The number of halogens is 2. The largest absolute Gasteiger partial charge is 0.366 e. The highest BCUT2D eigenvalue weighted by molar-refractivity contribution is 6.30. The lowest BCUT2D eigenvalue weighted by molar-refractivity contribution is -0.384. The number of benzene rings is 2. The molecule has 6 nitrogen and oxygen atoms in total. The molecule has 1 aliphatic heterocycles. The average molecular weight is 378 g/mol. The zero-order valence-corrected chi connectivity index (χ0v) is 14.6. The molecule has 1 fully saturated rings. The van der Waals surface area contributed by atoms with Gasteiger partial charge in [0.15, 0.2) is 0 Å². The molecule has 136 valence electrons. The Morgan fingerprint density at radius 2 is 1.92 bits per heavy atom. The van der Waals surface area contributed by atoms with Gasteiger partial charge >= 0.3 is 0 Å². The number of piperidine rings is 1. The van der Waals surface area contributed by atoms with Crippen LogP contribution in [0.5, 0.6) is 0 Å². The Morgan fingerprint density at radius 3 is 2.62 bits per heavy atom. The summed E-state index contributed by atoms with van der Waals surface area (Å²) in [5.74, 6) is -1.10. The molecule has 3 rings (SSSR count). The summed E-state index contributed by atoms with van der Waals surface area (Å²) in [7, 11) is 0. The number of carbonyl (C=O) groups is 1. The smallest absolute Gasteiger partial charge is 0.292 e. The Labute approximate surface area is 154 Å². The Morgan fingerprint density at radius 1 is 1.23 bits per heavy atom. The zero-order valence-electron chi connectivity index (χ0n) is 13.8. The molecule has 0 saturated carbocycles. The minimum Gasteiger partial charge on any atom is -0.366 e. The van der Waals surface area contributed by atoms with Crippen LogP contribution in [-0.2, 0) is 4.79 Å². The van der Waals surface area contributed by atoms with Gasteiger partial charge < -0.3 is 10.2 Å². The molecule has 1 saturated heterocycles. The van der Waals surface area contributed by atoms with Gasteiger partial charge in [0, 0.05) is 30.1 Å². The number of nitrogens with one attached hydrogen (secondary N) is 1. The van der Waals surface area contributed by atoms with E-state index in [1.165, 1.54) is 24.3 Å². The normalized spacial score (nSPS) is 14.9. The number of para-hydroxylation sites is 2. The van der Waals surface area contributed by atoms with Gasteiger partial charge in [0.05, 0.1) is 10.6 Å². The maximum Gasteiger partial charge on any atom is 0.292 e. The van der Waals surface area contributed by atoms with E-state index in [1.54, 1.807) is 18.2 Å². The highest BCUT2D eigenvalue weighted by Crippen LogP contribution is 2.31. The molecule has 0 bridgehead atoms. The number of nitro groups is 1. The Bertz CT molecular complexity index is 838. The number of nitro benzene ring substituents is 1. The van der Waals surface area contributed by atoms with Crippen molar-refractivity contribution in [1.82, 2.24) is 0 Å². The van der Waals surface area contributed by atoms with Crippen LogP contribution in [0, 0.1) is 21.8 Å². The van der Waals surface area contributed by atoms with Crippen LogP contribution in [0.4, 0.5) is 21.5 Å². The van der Waals surface area contributed by atoms with E-state index in [0.717, 1.165) is 0 Å². The topological polar surface area (TPSA) is 75.5 Å². The molecule has 1 aliphatic rings. The second-order valence-electron chi connectivity index (χ2n) is 6.12. The Hall–Kier alpha value is -2.67. The summed E-state index contributed by atoms with van der Waals surface area (Å²) < 4.78 is 13.8. The van der Waals surface area contributed by atoms with E-state index >= 15 is 0 Å². The summed E-state index contributed by atoms with van der Waals surface area (Å²) in [6.07, 6.45) is 1.06. The van der Waals surface area contributed by atoms with E-state index in [9.17, 15) is 19.3 Å². The molecule has 8 heteroatoms. The van der Waals surface area contributed by atoms with Crippen molar-refractivity contribution in [3.63, 3.8) is 0 Å². The van der Waals surface area contributed by atoms with Gasteiger partial charge in [-0.25, -0.2) is 4.39 Å². The molecular formula is C18H17ClFN3O3. The van der Waals surface area contributed by atoms with Crippen molar-refractivity contribution in [3.05, 3.63) is 63.4 Å². The predicted octanol–water partition coefficient (Wildman–Crippen LogP) is 4.24. The van der Waals surface area contributed by atoms with Crippen LogP contribution in [0.3, 0.4) is 0 Å². The molecule has 1 N–H and O–H groups in total. The molecule has 2 aromatic carbocycles. The lowest BCUT2D eigenvalue weighted by atomic mass is 9.95. The van der Waals surface area contributed by atoms with E-state index in [1.807, 2.05) is 4.90 Å². The van der Waals surface area contributed by atoms with Crippen molar-refractivity contribution >= 4 is 34.6 Å². The number of hydrogen-bond acceptors (Lipinski definition) is 4. The summed E-state index contributed by atoms with van der Waals surface area (Å²) in [5, 5.41) is 14.1. The van der Waals surface area contributed by atoms with E-state index < -0.39 is 10.7 Å². The molecule has 2 aromatic rings. The van der Waals surface area contributed by atoms with Gasteiger partial charge in [-0.05, 0) is 37.1 Å². The van der Waals surface area contributed by atoms with E-state index in [0.29, 0.717) is 36.6 Å². The summed E-state index contributed by atoms with van der Waals surface area (Å²) in [4.78, 5) is 25.1. The molecule has 26 heavy (non-hydrogen) atoms. The fraction of sp³-hybridized carbons (Fsp3) is 0.278. The highest BCUT2D eigenvalue weighted by atomic mass is 35.5. The summed E-state index contributed by atoms with van der Waals surface area (Å²) in [6.45, 7) is 1.03. The lowest BCUT2D eigenvalue weighted by Crippen LogP contribution is -2.38. The van der Waals surface area contributed by atoms with Crippen molar-refractivity contribution in [2.24, 2.45) is 5.92 Å². The van der Waals surface area contributed by atoms with Gasteiger partial charge in [0.2, 0.25) is 5.91 Å². The van der Waals surface area contributed by atoms with E-state index in [2.05, 4.69) is 5.32 Å². The average Bonchev–Trinajstić information content (AvgIpc) is 2.65. The van der Waals surface area contributed by atoms with Crippen molar-refractivity contribution < 1.29 is 14.1 Å². The minimum absolute atomic E-state index is 0.0522. The lowest BCUT2D eigenvalue weighted by Gasteiger charge is -2.32. The first-order valence-corrected chi connectivity index (χ1v) is 8.58. The highest BCUT2D eigenvalue weighted by Gasteiger charge is 2.28. The van der Waals surface area contributed by atoms with Crippen LogP contribution in [-0.4, -0.2) is 23.9 Å². The number of anilines is 2. The molecule has 1 heterocycles. The number of hydrogen-bond donors (Lipinski definition) is 1. The number of nitrogens with zero attached hydrogens (tertiary/aromatic N) is 2. The first-order chi connectivity index (χ1) is 12.5. The number of carbonyl (C=O) groups excluding carboxylic acids is 1. The fourth-order valence-corrected chi connectivity index (χ4v) is 3.27. The first kappa shape index (κ1) is 18.1. The summed E-state index contributed by atoms with van der Waals surface area (Å²) >= 11 is 5.83. The van der Waals surface area contributed by atoms with Gasteiger partial charge in [-0.3, -0.25) is 14.9 Å². The summed E-state index contributed by atoms with van der Waals surface area (Å²) in [6, 6.07) is 10.5. The van der Waals surface area contributed by atoms with Gasteiger partial charge in [-0.1, -0.05) is 23.7 Å². The second kappa shape index (κ2) is 7.70. The maximum atomic E-state index is 13.8. The molecule has 0 aromatic heterocycles. The van der Waals surface area contributed by atoms with Crippen LogP contribution in [0.2, 0.25) is 5.02 Å². The third-order valence-electron chi connectivity index (χ3n) is 4.47. The number of amides is 1. The number of rotatable bonds is 4. The Balaban J connectivity index is 1.64. The molecule has 0 atom stereocenters. The van der Waals surface area contributed by atoms with Gasteiger partial charge in [-0.15, -0.1) is 0 Å². The molecule has 0 unspecified atom stereocenters. The Kier molecular flexibility index (Phi) is 5.37. The van der Waals surface area contributed by atoms with Gasteiger partial charge in [0.1, 0.15) is 11.5 Å². The van der Waals surface area contributed by atoms with Crippen LogP contribution in [0.1, 0.15) is 12.8 Å². The first-order valence-electron chi connectivity index (χ1n) is 8.20. The van der Waals surface area contributed by atoms with Crippen molar-refractivity contribution in [3.8, 4) is 0 Å². The predicted molar refractivity (Wildman–Crippen MR) is 98.1 cm³/mol. The maximum absolute atomic E-state index is 13.8. The molecule has 0 aliphatic carbocycles. The molecule has 0 radical (unpaired) electrons. The molecule has 1 amide bonds. The van der Waals surface area contributed by atoms with Crippen LogP contribution < -0.4 is 10.2 Å². The molecule has 0 spiro atoms. The molecular weight excluding hydrogens is 361 g/mol. The third kappa shape index (κ3) is 3.94. The third-order valence-corrected chi connectivity index (χ3v) is 4.71. The quantitative estimate of drug-likeness (QED) is 0.638. The van der Waals surface area contributed by atoms with Gasteiger partial charge in [0.25, 0.3) is 5.69 Å². The zero-order chi connectivity index (χ0) is 18.7. The van der Waals surface area contributed by atoms with Crippen molar-refractivity contribution in [2.45, 2.75) is 12.8 Å². The van der Waals surface area contributed by atoms with Crippen LogP contribution in [0.25, 0.3) is 0 Å². The van der Waals surface area contributed by atoms with E-state index in [4.69, 9.17) is 11.6 Å². The SMILES string of the molecule is O=C(Nc1cc(Cl)ccc1F)C1CCN(c2ccccc2[N+](=O)[O-])CC1. The summed E-state index contributed by atoms with van der Waals surface area (Å²) in [5.41, 5.74) is 0.664. The minimum atomic E-state index is -0.542. The van der Waals surface area contributed by atoms with Crippen molar-refractivity contribution in [1.29, 1.82) is 0 Å². The monoisotopic (exact) mass is 377 g/mol. The standard InChI is InChI=1S/C18H17ClFN3O3/c19-13-5-6-14(20)15(11-13)21-18(24)12-7-9-22(10-8-12)16-3-1-2-4-17(16)23(25)26/h1-6,11-12H,7-10H2,(H,21,24). The van der Waals surface area contributed by atoms with Crippen LogP contribution in [0.15, 0.2) is 42.5 Å². The second-order valence-corrected chi connectivity index (χ2v) is 6.56. The van der Waals surface area contributed by atoms with Crippen molar-refractivity contribution in [2.75, 3.05) is 23.3 Å². The van der Waals surface area contributed by atoms with E-state index in [-0.39, 0.29) is 23.2 Å².